The molecule has 3 fully saturated rings. The van der Waals surface area contributed by atoms with Crippen LogP contribution in [0.5, 0.6) is 0 Å². The van der Waals surface area contributed by atoms with Crippen molar-refractivity contribution in [3.8, 4) is 0 Å². The van der Waals surface area contributed by atoms with Gasteiger partial charge in [-0.25, -0.2) is 0 Å². The molecule has 0 saturated carbocycles. The molecule has 2 amide bonds. The average Bonchev–Trinajstić information content (AvgIpc) is 3.21. The lowest BCUT2D eigenvalue weighted by atomic mass is 10.0. The molecule has 3 saturated heterocycles. The minimum absolute atomic E-state index is 0.0344. The molecule has 1 spiro atoms. The third kappa shape index (κ3) is 3.71. The van der Waals surface area contributed by atoms with Gasteiger partial charge < -0.3 is 15.5 Å². The number of nitrogens with two attached hydrogens (primary N) is 1. The van der Waals surface area contributed by atoms with E-state index in [1.54, 1.807) is 11.8 Å². The predicted molar refractivity (Wildman–Crippen MR) is 100 cm³/mol. The maximum absolute atomic E-state index is 12.7. The Hall–Kier alpha value is -0.440. The summed E-state index contributed by atoms with van der Waals surface area (Å²) < 4.78 is 0. The first kappa shape index (κ1) is 18.4. The van der Waals surface area contributed by atoms with Gasteiger partial charge in [0.05, 0.1) is 17.0 Å². The minimum atomic E-state index is -0.435. The smallest absolute Gasteiger partial charge is 0.240 e. The summed E-state index contributed by atoms with van der Waals surface area (Å²) in [6, 6.07) is -0.554. The van der Waals surface area contributed by atoms with Crippen LogP contribution in [0.25, 0.3) is 0 Å². The maximum atomic E-state index is 12.7. The highest BCUT2D eigenvalue weighted by molar-refractivity contribution is 8.01. The number of carbonyl (C=O) groups excluding carboxylic acids is 2. The Bertz CT molecular complexity index is 498. The van der Waals surface area contributed by atoms with Crippen molar-refractivity contribution in [2.24, 2.45) is 11.7 Å². The number of nitrogens with one attached hydrogen (secondary N) is 1. The number of rotatable bonds is 3. The van der Waals surface area contributed by atoms with Gasteiger partial charge in [0.25, 0.3) is 0 Å². The fraction of sp³-hybridized carbons (Fsp3) is 0.875. The van der Waals surface area contributed by atoms with Crippen LogP contribution >= 0.6 is 23.5 Å². The number of thioether (sulfide) groups is 2. The largest absolute Gasteiger partial charge is 0.340 e. The van der Waals surface area contributed by atoms with Crippen LogP contribution in [0, 0.1) is 5.92 Å². The van der Waals surface area contributed by atoms with E-state index in [1.165, 1.54) is 0 Å². The molecule has 3 atom stereocenters. The number of hydrogen-bond acceptors (Lipinski definition) is 6. The van der Waals surface area contributed by atoms with Crippen LogP contribution in [-0.2, 0) is 9.59 Å². The third-order valence-electron chi connectivity index (χ3n) is 5.13. The van der Waals surface area contributed by atoms with Crippen molar-refractivity contribution in [2.45, 2.75) is 37.2 Å². The Morgan fingerprint density at radius 2 is 1.92 bits per heavy atom. The molecule has 3 N–H and O–H groups in total. The lowest BCUT2D eigenvalue weighted by molar-refractivity contribution is -0.132. The standard InChI is InChI=1S/C16H28N4O2S2/c1-11(2)13(17)15(22)20-4-3-16(10-20)18-12(9-24-16)14(21)19-5-7-23-8-6-19/h11-13,18H,3-10,17H2,1-2H3/t12-,13-,16?/m0/s1. The average molecular weight is 373 g/mol. The van der Waals surface area contributed by atoms with Crippen LogP contribution in [0.1, 0.15) is 20.3 Å². The Kier molecular flexibility index (Phi) is 5.68. The van der Waals surface area contributed by atoms with E-state index in [2.05, 4.69) is 5.32 Å². The molecule has 0 aliphatic carbocycles. The molecule has 24 heavy (non-hydrogen) atoms. The zero-order chi connectivity index (χ0) is 17.3. The van der Waals surface area contributed by atoms with E-state index >= 15 is 0 Å². The highest BCUT2D eigenvalue weighted by Crippen LogP contribution is 2.39. The maximum Gasteiger partial charge on any atom is 0.240 e. The lowest BCUT2D eigenvalue weighted by Gasteiger charge is -2.30. The van der Waals surface area contributed by atoms with Crippen molar-refractivity contribution in [1.82, 2.24) is 15.1 Å². The molecule has 3 aliphatic rings. The second kappa shape index (κ2) is 7.43. The number of hydrogen-bond donors (Lipinski definition) is 2. The number of carbonyl (C=O) groups is 2. The van der Waals surface area contributed by atoms with Gasteiger partial charge in [0.1, 0.15) is 0 Å². The summed E-state index contributed by atoms with van der Waals surface area (Å²) in [5, 5.41) is 3.55. The molecule has 3 heterocycles. The van der Waals surface area contributed by atoms with E-state index < -0.39 is 6.04 Å². The van der Waals surface area contributed by atoms with Gasteiger partial charge in [0.2, 0.25) is 11.8 Å². The summed E-state index contributed by atoms with van der Waals surface area (Å²) in [5.74, 6) is 3.26. The summed E-state index contributed by atoms with van der Waals surface area (Å²) in [7, 11) is 0. The Morgan fingerprint density at radius 1 is 1.21 bits per heavy atom. The van der Waals surface area contributed by atoms with Gasteiger partial charge >= 0.3 is 0 Å². The van der Waals surface area contributed by atoms with Crippen LogP contribution in [0.2, 0.25) is 0 Å². The molecule has 0 radical (unpaired) electrons. The van der Waals surface area contributed by atoms with Gasteiger partial charge in [-0.05, 0) is 12.3 Å². The van der Waals surface area contributed by atoms with E-state index in [1.807, 2.05) is 35.4 Å². The first-order chi connectivity index (χ1) is 11.4. The van der Waals surface area contributed by atoms with E-state index in [-0.39, 0.29) is 28.6 Å². The molecule has 6 nitrogen and oxygen atoms in total. The van der Waals surface area contributed by atoms with E-state index in [9.17, 15) is 9.59 Å². The third-order valence-corrected chi connectivity index (χ3v) is 7.58. The predicted octanol–water partition coefficient (Wildman–Crippen LogP) is 0.179. The molecule has 0 aromatic rings. The Labute approximate surface area is 152 Å². The van der Waals surface area contributed by atoms with Crippen molar-refractivity contribution in [3.63, 3.8) is 0 Å². The highest BCUT2D eigenvalue weighted by Gasteiger charge is 2.48. The second-order valence-electron chi connectivity index (χ2n) is 7.22. The fourth-order valence-corrected chi connectivity index (χ4v) is 5.81. The highest BCUT2D eigenvalue weighted by atomic mass is 32.2. The summed E-state index contributed by atoms with van der Waals surface area (Å²) >= 11 is 3.71. The quantitative estimate of drug-likeness (QED) is 0.736. The number of nitrogens with zero attached hydrogens (tertiary/aromatic N) is 2. The van der Waals surface area contributed by atoms with Gasteiger partial charge in [-0.3, -0.25) is 14.9 Å². The zero-order valence-electron chi connectivity index (χ0n) is 14.5. The van der Waals surface area contributed by atoms with Crippen molar-refractivity contribution in [1.29, 1.82) is 0 Å². The van der Waals surface area contributed by atoms with Crippen LogP contribution in [0.15, 0.2) is 0 Å². The van der Waals surface area contributed by atoms with Crippen molar-refractivity contribution >= 4 is 35.3 Å². The van der Waals surface area contributed by atoms with Crippen LogP contribution in [0.4, 0.5) is 0 Å². The zero-order valence-corrected chi connectivity index (χ0v) is 16.1. The van der Waals surface area contributed by atoms with Crippen molar-refractivity contribution < 1.29 is 9.59 Å². The molecular formula is C16H28N4O2S2. The summed E-state index contributed by atoms with van der Waals surface area (Å²) in [5.41, 5.74) is 6.02. The molecule has 3 rings (SSSR count). The number of likely N-dealkylation sites (tertiary alicyclic amines) is 1. The molecule has 136 valence electrons. The first-order valence-corrected chi connectivity index (χ1v) is 10.9. The summed E-state index contributed by atoms with van der Waals surface area (Å²) in [6.07, 6.45) is 0.883. The molecule has 8 heteroatoms. The van der Waals surface area contributed by atoms with Gasteiger partial charge in [0, 0.05) is 43.4 Å². The molecule has 0 bridgehead atoms. The fourth-order valence-electron chi connectivity index (χ4n) is 3.48. The van der Waals surface area contributed by atoms with E-state index in [0.29, 0.717) is 6.54 Å². The van der Waals surface area contributed by atoms with Gasteiger partial charge in [0.15, 0.2) is 0 Å². The molecule has 1 unspecified atom stereocenters. The van der Waals surface area contributed by atoms with Gasteiger partial charge in [-0.2, -0.15) is 11.8 Å². The Balaban J connectivity index is 1.57. The number of amides is 2. The molecular weight excluding hydrogens is 344 g/mol. The van der Waals surface area contributed by atoms with Crippen LogP contribution < -0.4 is 11.1 Å². The van der Waals surface area contributed by atoms with Crippen molar-refractivity contribution in [2.75, 3.05) is 43.4 Å². The first-order valence-electron chi connectivity index (χ1n) is 8.74. The van der Waals surface area contributed by atoms with E-state index in [0.717, 1.165) is 43.3 Å². The monoisotopic (exact) mass is 372 g/mol. The van der Waals surface area contributed by atoms with E-state index in [4.69, 9.17) is 5.73 Å². The summed E-state index contributed by atoms with van der Waals surface area (Å²) in [6.45, 7) is 7.03. The molecule has 0 aromatic heterocycles. The van der Waals surface area contributed by atoms with Gasteiger partial charge in [-0.1, -0.05) is 13.8 Å². The van der Waals surface area contributed by atoms with Crippen LogP contribution in [-0.4, -0.2) is 82.0 Å². The SMILES string of the molecule is CC(C)[C@H](N)C(=O)N1CCC2(C1)N[C@H](C(=O)N1CCSCC1)CS2. The van der Waals surface area contributed by atoms with Gasteiger partial charge in [-0.15, -0.1) is 11.8 Å². The van der Waals surface area contributed by atoms with Crippen molar-refractivity contribution in [3.05, 3.63) is 0 Å². The second-order valence-corrected chi connectivity index (χ2v) is 9.85. The molecule has 0 aromatic carbocycles. The van der Waals surface area contributed by atoms with Crippen LogP contribution in [0.3, 0.4) is 0 Å². The lowest BCUT2D eigenvalue weighted by Crippen LogP contribution is -2.53. The summed E-state index contributed by atoms with van der Waals surface area (Å²) in [4.78, 5) is 28.9. The normalized spacial score (nSPS) is 31.9. The minimum Gasteiger partial charge on any atom is -0.340 e. The topological polar surface area (TPSA) is 78.7 Å². The molecule has 3 aliphatic heterocycles. The Morgan fingerprint density at radius 3 is 2.58 bits per heavy atom.